The Balaban J connectivity index is 2.43. The Labute approximate surface area is 90.4 Å². The summed E-state index contributed by atoms with van der Waals surface area (Å²) in [7, 11) is 5.34. The third kappa shape index (κ3) is 2.76. The van der Waals surface area contributed by atoms with Crippen molar-refractivity contribution in [3.05, 3.63) is 0 Å². The predicted molar refractivity (Wildman–Crippen MR) is 57.4 cm³/mol. The molecule has 0 saturated carbocycles. The van der Waals surface area contributed by atoms with Crippen LogP contribution in [0.25, 0.3) is 0 Å². The molecule has 0 aromatic carbocycles. The summed E-state index contributed by atoms with van der Waals surface area (Å²) in [6, 6.07) is -0.251. The van der Waals surface area contributed by atoms with E-state index in [2.05, 4.69) is 5.32 Å². The van der Waals surface area contributed by atoms with Crippen LogP contribution < -0.4 is 5.32 Å². The maximum Gasteiger partial charge on any atom is 0.246 e. The fourth-order valence-corrected chi connectivity index (χ4v) is 1.74. The van der Waals surface area contributed by atoms with Crippen LogP contribution in [0.1, 0.15) is 12.8 Å². The van der Waals surface area contributed by atoms with Crippen LogP contribution in [0.3, 0.4) is 0 Å². The van der Waals surface area contributed by atoms with Crippen molar-refractivity contribution in [1.82, 2.24) is 15.1 Å². The summed E-state index contributed by atoms with van der Waals surface area (Å²) >= 11 is 0. The summed E-state index contributed by atoms with van der Waals surface area (Å²) < 4.78 is 0. The minimum atomic E-state index is -0.251. The van der Waals surface area contributed by atoms with Crippen LogP contribution in [0.2, 0.25) is 0 Å². The maximum absolute atomic E-state index is 11.6. The SMILES string of the molecule is CNCCCN(C)C1CC(=O)N(C)C1=O. The predicted octanol–water partition coefficient (Wildman–Crippen LogP) is -0.715. The quantitative estimate of drug-likeness (QED) is 0.484. The highest BCUT2D eigenvalue weighted by atomic mass is 16.2. The average Bonchev–Trinajstić information content (AvgIpc) is 2.46. The number of carbonyl (C=O) groups is 2. The maximum atomic E-state index is 11.6. The Hall–Kier alpha value is -0.940. The van der Waals surface area contributed by atoms with Gasteiger partial charge in [-0.2, -0.15) is 0 Å². The number of rotatable bonds is 5. The van der Waals surface area contributed by atoms with Crippen molar-refractivity contribution in [2.45, 2.75) is 18.9 Å². The van der Waals surface area contributed by atoms with E-state index < -0.39 is 0 Å². The van der Waals surface area contributed by atoms with E-state index in [1.54, 1.807) is 7.05 Å². The fraction of sp³-hybridized carbons (Fsp3) is 0.800. The molecular weight excluding hydrogens is 194 g/mol. The minimum absolute atomic E-state index is 0.0769. The van der Waals surface area contributed by atoms with Crippen molar-refractivity contribution in [2.75, 3.05) is 34.2 Å². The van der Waals surface area contributed by atoms with Gasteiger partial charge in [0.1, 0.15) is 0 Å². The number of imide groups is 1. The van der Waals surface area contributed by atoms with Crippen molar-refractivity contribution in [3.8, 4) is 0 Å². The van der Waals surface area contributed by atoms with E-state index in [1.807, 2.05) is 19.0 Å². The van der Waals surface area contributed by atoms with Crippen molar-refractivity contribution in [1.29, 1.82) is 0 Å². The van der Waals surface area contributed by atoms with Crippen LogP contribution in [-0.2, 0) is 9.59 Å². The topological polar surface area (TPSA) is 52.7 Å². The molecule has 1 atom stereocenters. The lowest BCUT2D eigenvalue weighted by Crippen LogP contribution is -2.39. The van der Waals surface area contributed by atoms with Crippen molar-refractivity contribution in [3.63, 3.8) is 0 Å². The summed E-state index contributed by atoms with van der Waals surface area (Å²) in [5, 5.41) is 3.05. The Bertz CT molecular complexity index is 255. The Morgan fingerprint density at radius 1 is 1.53 bits per heavy atom. The number of carbonyl (C=O) groups excluding carboxylic acids is 2. The molecular formula is C10H19N3O2. The van der Waals surface area contributed by atoms with E-state index in [1.165, 1.54) is 4.90 Å². The smallest absolute Gasteiger partial charge is 0.246 e. The van der Waals surface area contributed by atoms with Gasteiger partial charge in [0.05, 0.1) is 12.5 Å². The highest BCUT2D eigenvalue weighted by Crippen LogP contribution is 2.15. The second-order valence-corrected chi connectivity index (χ2v) is 3.95. The van der Waals surface area contributed by atoms with E-state index >= 15 is 0 Å². The van der Waals surface area contributed by atoms with Crippen LogP contribution in [-0.4, -0.2) is 61.9 Å². The van der Waals surface area contributed by atoms with Crippen LogP contribution in [0.15, 0.2) is 0 Å². The first-order chi connectivity index (χ1) is 7.07. The molecule has 1 unspecified atom stereocenters. The van der Waals surface area contributed by atoms with Gasteiger partial charge >= 0.3 is 0 Å². The molecule has 1 N–H and O–H groups in total. The first-order valence-corrected chi connectivity index (χ1v) is 5.23. The zero-order valence-corrected chi connectivity index (χ0v) is 9.62. The molecule has 15 heavy (non-hydrogen) atoms. The minimum Gasteiger partial charge on any atom is -0.320 e. The van der Waals surface area contributed by atoms with Gasteiger partial charge in [0.2, 0.25) is 11.8 Å². The molecule has 1 saturated heterocycles. The zero-order valence-electron chi connectivity index (χ0n) is 9.62. The molecule has 1 heterocycles. The summed E-state index contributed by atoms with van der Waals surface area (Å²) in [6.45, 7) is 1.76. The van der Waals surface area contributed by atoms with Crippen molar-refractivity contribution in [2.24, 2.45) is 0 Å². The number of hydrogen-bond acceptors (Lipinski definition) is 4. The first-order valence-electron chi connectivity index (χ1n) is 5.23. The Morgan fingerprint density at radius 2 is 2.20 bits per heavy atom. The lowest BCUT2D eigenvalue weighted by molar-refractivity contribution is -0.137. The third-order valence-corrected chi connectivity index (χ3v) is 2.83. The second-order valence-electron chi connectivity index (χ2n) is 3.95. The van der Waals surface area contributed by atoms with E-state index in [0.717, 1.165) is 19.5 Å². The molecule has 0 aliphatic carbocycles. The molecule has 0 aromatic rings. The number of nitrogens with one attached hydrogen (secondary N) is 1. The molecule has 1 aliphatic rings. The first kappa shape index (κ1) is 12.1. The van der Waals surface area contributed by atoms with E-state index in [0.29, 0.717) is 6.42 Å². The van der Waals surface area contributed by atoms with Gasteiger partial charge in [0.15, 0.2) is 0 Å². The van der Waals surface area contributed by atoms with Gasteiger partial charge in [-0.15, -0.1) is 0 Å². The summed E-state index contributed by atoms with van der Waals surface area (Å²) in [6.07, 6.45) is 1.31. The molecule has 1 fully saturated rings. The van der Waals surface area contributed by atoms with E-state index in [9.17, 15) is 9.59 Å². The number of likely N-dealkylation sites (N-methyl/N-ethyl adjacent to an activating group) is 2. The molecule has 2 amide bonds. The molecule has 1 aliphatic heterocycles. The highest BCUT2D eigenvalue weighted by Gasteiger charge is 2.38. The average molecular weight is 213 g/mol. The molecule has 0 radical (unpaired) electrons. The van der Waals surface area contributed by atoms with Crippen LogP contribution in [0.4, 0.5) is 0 Å². The summed E-state index contributed by atoms with van der Waals surface area (Å²) in [5.41, 5.74) is 0. The van der Waals surface area contributed by atoms with Crippen LogP contribution in [0.5, 0.6) is 0 Å². The van der Waals surface area contributed by atoms with Gasteiger partial charge in [-0.25, -0.2) is 0 Å². The molecule has 1 rings (SSSR count). The lowest BCUT2D eigenvalue weighted by Gasteiger charge is -2.21. The molecule has 5 heteroatoms. The Morgan fingerprint density at radius 3 is 2.67 bits per heavy atom. The van der Waals surface area contributed by atoms with Gasteiger partial charge in [-0.05, 0) is 33.6 Å². The largest absolute Gasteiger partial charge is 0.320 e. The summed E-state index contributed by atoms with van der Waals surface area (Å²) in [5.74, 6) is -0.155. The normalized spacial score (nSPS) is 21.9. The van der Waals surface area contributed by atoms with Gasteiger partial charge in [0, 0.05) is 7.05 Å². The number of nitrogens with zero attached hydrogens (tertiary/aromatic N) is 2. The van der Waals surface area contributed by atoms with Gasteiger partial charge in [-0.3, -0.25) is 19.4 Å². The molecule has 0 spiro atoms. The van der Waals surface area contributed by atoms with Crippen LogP contribution in [0, 0.1) is 0 Å². The molecule has 0 aromatic heterocycles. The number of likely N-dealkylation sites (tertiary alicyclic amines) is 1. The zero-order chi connectivity index (χ0) is 11.4. The van der Waals surface area contributed by atoms with Gasteiger partial charge in [-0.1, -0.05) is 0 Å². The standard InChI is InChI=1S/C10H19N3O2/c1-11-5-4-6-12(2)8-7-9(14)13(3)10(8)15/h8,11H,4-7H2,1-3H3. The van der Waals surface area contributed by atoms with Crippen molar-refractivity contribution >= 4 is 11.8 Å². The monoisotopic (exact) mass is 213 g/mol. The summed E-state index contributed by atoms with van der Waals surface area (Å²) in [4.78, 5) is 26.1. The number of hydrogen-bond donors (Lipinski definition) is 1. The van der Waals surface area contributed by atoms with Crippen LogP contribution >= 0.6 is 0 Å². The second kappa shape index (κ2) is 5.23. The highest BCUT2D eigenvalue weighted by molar-refractivity contribution is 6.05. The van der Waals surface area contributed by atoms with Gasteiger partial charge < -0.3 is 5.32 Å². The Kier molecular flexibility index (Phi) is 4.23. The lowest BCUT2D eigenvalue weighted by atomic mass is 10.2. The molecule has 5 nitrogen and oxygen atoms in total. The number of amides is 2. The molecule has 86 valence electrons. The molecule has 0 bridgehead atoms. The van der Waals surface area contributed by atoms with E-state index in [4.69, 9.17) is 0 Å². The third-order valence-electron chi connectivity index (χ3n) is 2.83. The van der Waals surface area contributed by atoms with E-state index in [-0.39, 0.29) is 17.9 Å². The van der Waals surface area contributed by atoms with Crippen molar-refractivity contribution < 1.29 is 9.59 Å². The van der Waals surface area contributed by atoms with Gasteiger partial charge in [0.25, 0.3) is 0 Å². The fourth-order valence-electron chi connectivity index (χ4n) is 1.74.